The van der Waals surface area contributed by atoms with E-state index in [4.69, 9.17) is 14.5 Å². The molecular formula is C22H26N2O3S. The minimum atomic E-state index is -0.322. The van der Waals surface area contributed by atoms with E-state index in [1.54, 1.807) is 0 Å². The Hall–Kier alpha value is -2.15. The van der Waals surface area contributed by atoms with E-state index in [0.717, 1.165) is 22.0 Å². The Kier molecular flexibility index (Phi) is 7.25. The van der Waals surface area contributed by atoms with E-state index in [-0.39, 0.29) is 11.8 Å². The van der Waals surface area contributed by atoms with Gasteiger partial charge >= 0.3 is 0 Å². The monoisotopic (exact) mass is 398 g/mol. The maximum Gasteiger partial charge on any atom is 0.255 e. The molecule has 0 aliphatic rings. The highest BCUT2D eigenvalue weighted by Gasteiger charge is 2.16. The number of benzene rings is 2. The van der Waals surface area contributed by atoms with Gasteiger partial charge in [0.25, 0.3) is 5.56 Å². The second-order valence-corrected chi connectivity index (χ2v) is 7.24. The van der Waals surface area contributed by atoms with E-state index >= 15 is 0 Å². The van der Waals surface area contributed by atoms with Crippen LogP contribution in [0.2, 0.25) is 0 Å². The highest BCUT2D eigenvalue weighted by atomic mass is 32.2. The van der Waals surface area contributed by atoms with Crippen molar-refractivity contribution >= 4 is 22.5 Å². The Morgan fingerprint density at radius 1 is 1.04 bits per heavy atom. The molecule has 0 bridgehead atoms. The SMILES string of the molecule is CCOC(CSc1nc(-c2cccc3ccccc23)c(CC)c(=O)[nH]1)OCC. The molecule has 3 aromatic rings. The third-order valence-electron chi connectivity index (χ3n) is 4.45. The summed E-state index contributed by atoms with van der Waals surface area (Å²) < 4.78 is 11.2. The van der Waals surface area contributed by atoms with Crippen LogP contribution in [0, 0.1) is 0 Å². The Balaban J connectivity index is 2.00. The van der Waals surface area contributed by atoms with Gasteiger partial charge in [-0.3, -0.25) is 4.79 Å². The number of aromatic nitrogens is 2. The van der Waals surface area contributed by atoms with Gasteiger partial charge in [0.1, 0.15) is 0 Å². The largest absolute Gasteiger partial charge is 0.352 e. The number of hydrogen-bond acceptors (Lipinski definition) is 5. The predicted octanol–water partition coefficient (Wildman–Crippen LogP) is 4.64. The smallest absolute Gasteiger partial charge is 0.255 e. The quantitative estimate of drug-likeness (QED) is 0.323. The van der Waals surface area contributed by atoms with Gasteiger partial charge in [0.2, 0.25) is 0 Å². The van der Waals surface area contributed by atoms with Crippen molar-refractivity contribution in [3.63, 3.8) is 0 Å². The molecule has 1 N–H and O–H groups in total. The van der Waals surface area contributed by atoms with Crippen LogP contribution in [0.4, 0.5) is 0 Å². The van der Waals surface area contributed by atoms with E-state index in [1.807, 2.05) is 45.0 Å². The number of thioether (sulfide) groups is 1. The van der Waals surface area contributed by atoms with Crippen LogP contribution >= 0.6 is 11.8 Å². The van der Waals surface area contributed by atoms with Gasteiger partial charge in [-0.2, -0.15) is 0 Å². The normalized spacial score (nSPS) is 11.4. The van der Waals surface area contributed by atoms with E-state index in [2.05, 4.69) is 23.2 Å². The zero-order chi connectivity index (χ0) is 19.9. The van der Waals surface area contributed by atoms with E-state index in [1.165, 1.54) is 11.8 Å². The third kappa shape index (κ3) is 4.63. The zero-order valence-electron chi connectivity index (χ0n) is 16.5. The lowest BCUT2D eigenvalue weighted by molar-refractivity contribution is -0.120. The number of H-pyrrole nitrogens is 1. The molecule has 5 nitrogen and oxygen atoms in total. The fourth-order valence-electron chi connectivity index (χ4n) is 3.19. The van der Waals surface area contributed by atoms with Gasteiger partial charge in [-0.1, -0.05) is 61.2 Å². The number of aromatic amines is 1. The summed E-state index contributed by atoms with van der Waals surface area (Å²) in [7, 11) is 0. The standard InChI is InChI=1S/C22H26N2O3S/c1-4-16-20(18-13-9-11-15-10-7-8-12-17(15)18)23-22(24-21(16)25)28-14-19(26-5-2)27-6-3/h7-13,19H,4-6,14H2,1-3H3,(H,23,24,25). The minimum Gasteiger partial charge on any atom is -0.352 e. The molecule has 0 atom stereocenters. The number of nitrogens with one attached hydrogen (secondary N) is 1. The van der Waals surface area contributed by atoms with Gasteiger partial charge in [-0.25, -0.2) is 4.98 Å². The summed E-state index contributed by atoms with van der Waals surface area (Å²) in [6, 6.07) is 14.3. The summed E-state index contributed by atoms with van der Waals surface area (Å²) >= 11 is 1.44. The van der Waals surface area contributed by atoms with Crippen LogP contribution in [-0.4, -0.2) is 35.2 Å². The van der Waals surface area contributed by atoms with Crippen LogP contribution in [0.25, 0.3) is 22.0 Å². The van der Waals surface area contributed by atoms with Crippen molar-refractivity contribution in [2.24, 2.45) is 0 Å². The third-order valence-corrected chi connectivity index (χ3v) is 5.36. The molecule has 0 aliphatic heterocycles. The molecular weight excluding hydrogens is 372 g/mol. The molecule has 148 valence electrons. The molecule has 0 amide bonds. The summed E-state index contributed by atoms with van der Waals surface area (Å²) in [5.41, 5.74) is 2.34. The van der Waals surface area contributed by atoms with Crippen LogP contribution in [0.1, 0.15) is 26.3 Å². The number of ether oxygens (including phenoxy) is 2. The van der Waals surface area contributed by atoms with Crippen molar-refractivity contribution in [3.8, 4) is 11.3 Å². The summed E-state index contributed by atoms with van der Waals surface area (Å²) in [5, 5.41) is 2.80. The summed E-state index contributed by atoms with van der Waals surface area (Å²) in [5.74, 6) is 0.561. The van der Waals surface area contributed by atoms with Crippen molar-refractivity contribution in [1.82, 2.24) is 9.97 Å². The van der Waals surface area contributed by atoms with Crippen molar-refractivity contribution < 1.29 is 9.47 Å². The average molecular weight is 399 g/mol. The molecule has 0 aliphatic carbocycles. The molecule has 0 saturated carbocycles. The van der Waals surface area contributed by atoms with Gasteiger partial charge in [0.05, 0.1) is 11.4 Å². The van der Waals surface area contributed by atoms with Crippen molar-refractivity contribution in [1.29, 1.82) is 0 Å². The van der Waals surface area contributed by atoms with Crippen molar-refractivity contribution in [3.05, 3.63) is 58.4 Å². The first-order chi connectivity index (χ1) is 13.7. The fourth-order valence-corrected chi connectivity index (χ4v) is 4.00. The molecule has 2 aromatic carbocycles. The number of hydrogen-bond donors (Lipinski definition) is 1. The minimum absolute atomic E-state index is 0.0905. The van der Waals surface area contributed by atoms with Gasteiger partial charge in [0, 0.05) is 24.3 Å². The first kappa shape index (κ1) is 20.6. The Morgan fingerprint density at radius 3 is 2.46 bits per heavy atom. The summed E-state index contributed by atoms with van der Waals surface area (Å²) in [6.07, 6.45) is 0.295. The molecule has 28 heavy (non-hydrogen) atoms. The Morgan fingerprint density at radius 2 is 1.75 bits per heavy atom. The van der Waals surface area contributed by atoms with Crippen LogP contribution in [-0.2, 0) is 15.9 Å². The van der Waals surface area contributed by atoms with E-state index in [9.17, 15) is 4.79 Å². The van der Waals surface area contributed by atoms with Crippen LogP contribution in [0.3, 0.4) is 0 Å². The van der Waals surface area contributed by atoms with E-state index in [0.29, 0.717) is 36.1 Å². The fraction of sp³-hybridized carbons (Fsp3) is 0.364. The zero-order valence-corrected chi connectivity index (χ0v) is 17.3. The van der Waals surface area contributed by atoms with Crippen LogP contribution in [0.15, 0.2) is 52.4 Å². The molecule has 0 unspecified atom stereocenters. The molecule has 6 heteroatoms. The number of nitrogens with zero attached hydrogens (tertiary/aromatic N) is 1. The van der Waals surface area contributed by atoms with Crippen LogP contribution in [0.5, 0.6) is 0 Å². The van der Waals surface area contributed by atoms with Gasteiger partial charge in [-0.15, -0.1) is 0 Å². The first-order valence-corrected chi connectivity index (χ1v) is 10.6. The lowest BCUT2D eigenvalue weighted by atomic mass is 9.99. The maximum absolute atomic E-state index is 12.7. The predicted molar refractivity (Wildman–Crippen MR) is 115 cm³/mol. The highest BCUT2D eigenvalue weighted by Crippen LogP contribution is 2.30. The Bertz CT molecular complexity index is 976. The molecule has 0 radical (unpaired) electrons. The van der Waals surface area contributed by atoms with Gasteiger partial charge in [-0.05, 0) is 31.0 Å². The highest BCUT2D eigenvalue weighted by molar-refractivity contribution is 7.99. The Labute approximate surface area is 169 Å². The molecule has 0 saturated heterocycles. The first-order valence-electron chi connectivity index (χ1n) is 9.65. The summed E-state index contributed by atoms with van der Waals surface area (Å²) in [6.45, 7) is 7.00. The molecule has 1 heterocycles. The second-order valence-electron chi connectivity index (χ2n) is 6.23. The molecule has 3 rings (SSSR count). The lowest BCUT2D eigenvalue weighted by Gasteiger charge is -2.16. The molecule has 1 aromatic heterocycles. The second kappa shape index (κ2) is 9.87. The van der Waals surface area contributed by atoms with Crippen molar-refractivity contribution in [2.45, 2.75) is 38.6 Å². The number of rotatable bonds is 9. The maximum atomic E-state index is 12.7. The van der Waals surface area contributed by atoms with Gasteiger partial charge in [0.15, 0.2) is 11.4 Å². The topological polar surface area (TPSA) is 64.2 Å². The summed E-state index contributed by atoms with van der Waals surface area (Å²) in [4.78, 5) is 20.4. The lowest BCUT2D eigenvalue weighted by Crippen LogP contribution is -2.21. The number of fused-ring (bicyclic) bond motifs is 1. The van der Waals surface area contributed by atoms with Gasteiger partial charge < -0.3 is 14.5 Å². The molecule has 0 fully saturated rings. The van der Waals surface area contributed by atoms with Crippen LogP contribution < -0.4 is 5.56 Å². The van der Waals surface area contributed by atoms with E-state index < -0.39 is 0 Å². The van der Waals surface area contributed by atoms with Crippen molar-refractivity contribution in [2.75, 3.05) is 19.0 Å². The average Bonchev–Trinajstić information content (AvgIpc) is 2.71. The molecule has 0 spiro atoms.